The molecule has 0 saturated carbocycles. The molecule has 1 aromatic heterocycles. The Bertz CT molecular complexity index is 896. The van der Waals surface area contributed by atoms with Gasteiger partial charge >= 0.3 is 0 Å². The minimum absolute atomic E-state index is 0.149. The minimum Gasteiger partial charge on any atom is -0.497 e. The number of carbonyl (C=O) groups is 1. The van der Waals surface area contributed by atoms with Gasteiger partial charge in [-0.2, -0.15) is 0 Å². The number of amides is 1. The Morgan fingerprint density at radius 3 is 2.58 bits per heavy atom. The quantitative estimate of drug-likeness (QED) is 0.724. The summed E-state index contributed by atoms with van der Waals surface area (Å²) in [5, 5.41) is 0.974. The van der Waals surface area contributed by atoms with Crippen LogP contribution in [0.1, 0.15) is 5.56 Å². The first-order chi connectivity index (χ1) is 12.7. The molecule has 3 aromatic rings. The number of methoxy groups -OCH3 is 1. The molecule has 0 radical (unpaired) electrons. The maximum absolute atomic E-state index is 12.7. The van der Waals surface area contributed by atoms with Gasteiger partial charge in [0.15, 0.2) is 0 Å². The van der Waals surface area contributed by atoms with Crippen LogP contribution in [0.5, 0.6) is 5.75 Å². The summed E-state index contributed by atoms with van der Waals surface area (Å²) in [7, 11) is 1.63. The van der Waals surface area contributed by atoms with Gasteiger partial charge in [-0.05, 0) is 24.3 Å². The number of hydrogen-bond donors (Lipinski definition) is 0. The second-order valence-electron chi connectivity index (χ2n) is 6.50. The zero-order chi connectivity index (χ0) is 17.9. The molecular formula is C21H22N2O3. The molecule has 1 fully saturated rings. The van der Waals surface area contributed by atoms with Crippen molar-refractivity contribution < 1.29 is 13.9 Å². The van der Waals surface area contributed by atoms with Crippen LogP contribution in [0.25, 0.3) is 11.0 Å². The van der Waals surface area contributed by atoms with E-state index in [-0.39, 0.29) is 5.91 Å². The number of piperazine rings is 1. The van der Waals surface area contributed by atoms with Crippen LogP contribution in [-0.2, 0) is 11.2 Å². The van der Waals surface area contributed by atoms with Gasteiger partial charge in [0.05, 0.1) is 19.8 Å². The standard InChI is InChI=1S/C21H22N2O3/c1-25-18-7-8-19-16(15-26-20(19)14-18)13-21(24)23-11-9-22(10-12-23)17-5-3-2-4-6-17/h2-8,14-15H,9-13H2,1H3. The lowest BCUT2D eigenvalue weighted by Crippen LogP contribution is -2.49. The van der Waals surface area contributed by atoms with Crippen LogP contribution < -0.4 is 9.64 Å². The average Bonchev–Trinajstić information content (AvgIpc) is 3.10. The molecule has 4 rings (SSSR count). The highest BCUT2D eigenvalue weighted by atomic mass is 16.5. The van der Waals surface area contributed by atoms with Gasteiger partial charge in [0.25, 0.3) is 0 Å². The summed E-state index contributed by atoms with van der Waals surface area (Å²) in [6.07, 6.45) is 2.05. The molecule has 1 aliphatic rings. The molecular weight excluding hydrogens is 328 g/mol. The first-order valence-electron chi connectivity index (χ1n) is 8.86. The zero-order valence-electron chi connectivity index (χ0n) is 14.9. The lowest BCUT2D eigenvalue weighted by Gasteiger charge is -2.36. The van der Waals surface area contributed by atoms with Crippen LogP contribution in [0.3, 0.4) is 0 Å². The fourth-order valence-electron chi connectivity index (χ4n) is 3.46. The molecule has 1 saturated heterocycles. The van der Waals surface area contributed by atoms with E-state index in [4.69, 9.17) is 9.15 Å². The molecule has 0 aliphatic carbocycles. The monoisotopic (exact) mass is 350 g/mol. The maximum atomic E-state index is 12.7. The Balaban J connectivity index is 1.40. The normalized spacial score (nSPS) is 14.7. The summed E-state index contributed by atoms with van der Waals surface area (Å²) in [6, 6.07) is 16.0. The van der Waals surface area contributed by atoms with Crippen molar-refractivity contribution in [1.29, 1.82) is 0 Å². The summed E-state index contributed by atoms with van der Waals surface area (Å²) in [5.74, 6) is 0.901. The molecule has 2 heterocycles. The highest BCUT2D eigenvalue weighted by Gasteiger charge is 2.22. The van der Waals surface area contributed by atoms with Crippen molar-refractivity contribution in [3.05, 3.63) is 60.4 Å². The van der Waals surface area contributed by atoms with Crippen LogP contribution in [0.2, 0.25) is 0 Å². The van der Waals surface area contributed by atoms with Crippen LogP contribution in [-0.4, -0.2) is 44.1 Å². The maximum Gasteiger partial charge on any atom is 0.227 e. The third kappa shape index (κ3) is 3.25. The second kappa shape index (κ2) is 7.12. The lowest BCUT2D eigenvalue weighted by atomic mass is 10.1. The molecule has 5 nitrogen and oxygen atoms in total. The van der Waals surface area contributed by atoms with Gasteiger partial charge in [-0.1, -0.05) is 18.2 Å². The van der Waals surface area contributed by atoms with Crippen molar-refractivity contribution >= 4 is 22.6 Å². The van der Waals surface area contributed by atoms with Crippen molar-refractivity contribution in [1.82, 2.24) is 4.90 Å². The van der Waals surface area contributed by atoms with E-state index in [0.29, 0.717) is 6.42 Å². The van der Waals surface area contributed by atoms with Crippen molar-refractivity contribution in [2.24, 2.45) is 0 Å². The van der Waals surface area contributed by atoms with E-state index < -0.39 is 0 Å². The Labute approximate surface area is 152 Å². The summed E-state index contributed by atoms with van der Waals surface area (Å²) >= 11 is 0. The number of hydrogen-bond acceptors (Lipinski definition) is 4. The highest BCUT2D eigenvalue weighted by Crippen LogP contribution is 2.26. The Morgan fingerprint density at radius 1 is 1.08 bits per heavy atom. The van der Waals surface area contributed by atoms with E-state index in [2.05, 4.69) is 17.0 Å². The van der Waals surface area contributed by atoms with Crippen LogP contribution in [0.15, 0.2) is 59.2 Å². The molecule has 0 unspecified atom stereocenters. The van der Waals surface area contributed by atoms with Gasteiger partial charge < -0.3 is 19.0 Å². The Morgan fingerprint density at radius 2 is 1.85 bits per heavy atom. The molecule has 0 bridgehead atoms. The third-order valence-corrected chi connectivity index (χ3v) is 4.96. The van der Waals surface area contributed by atoms with Crippen LogP contribution >= 0.6 is 0 Å². The van der Waals surface area contributed by atoms with Crippen LogP contribution in [0.4, 0.5) is 5.69 Å². The average molecular weight is 350 g/mol. The predicted molar refractivity (Wildman–Crippen MR) is 102 cm³/mol. The number of furan rings is 1. The number of ether oxygens (including phenoxy) is 1. The van der Waals surface area contributed by atoms with E-state index in [1.807, 2.05) is 41.3 Å². The number of carbonyl (C=O) groups excluding carboxylic acids is 1. The summed E-state index contributed by atoms with van der Waals surface area (Å²) in [5.41, 5.74) is 2.90. The topological polar surface area (TPSA) is 45.9 Å². The highest BCUT2D eigenvalue weighted by molar-refractivity contribution is 5.88. The zero-order valence-corrected chi connectivity index (χ0v) is 14.9. The molecule has 5 heteroatoms. The van der Waals surface area contributed by atoms with E-state index in [1.54, 1.807) is 13.4 Å². The number of anilines is 1. The first-order valence-corrected chi connectivity index (χ1v) is 8.86. The minimum atomic E-state index is 0.149. The fraction of sp³-hybridized carbons (Fsp3) is 0.286. The number of fused-ring (bicyclic) bond motifs is 1. The van der Waals surface area contributed by atoms with Gasteiger partial charge in [0.2, 0.25) is 5.91 Å². The molecule has 134 valence electrons. The third-order valence-electron chi connectivity index (χ3n) is 4.96. The van der Waals surface area contributed by atoms with Crippen molar-refractivity contribution in [3.8, 4) is 5.75 Å². The molecule has 0 atom stereocenters. The molecule has 1 aliphatic heterocycles. The summed E-state index contributed by atoms with van der Waals surface area (Å²) in [4.78, 5) is 17.0. The van der Waals surface area contributed by atoms with Gasteiger partial charge in [-0.25, -0.2) is 0 Å². The molecule has 2 aromatic carbocycles. The smallest absolute Gasteiger partial charge is 0.227 e. The summed E-state index contributed by atoms with van der Waals surface area (Å²) < 4.78 is 10.8. The van der Waals surface area contributed by atoms with E-state index in [0.717, 1.165) is 48.5 Å². The summed E-state index contributed by atoms with van der Waals surface area (Å²) in [6.45, 7) is 3.22. The molecule has 1 amide bonds. The van der Waals surface area contributed by atoms with E-state index in [9.17, 15) is 4.79 Å². The first kappa shape index (κ1) is 16.5. The van der Waals surface area contributed by atoms with Gasteiger partial charge in [-0.15, -0.1) is 0 Å². The Kier molecular flexibility index (Phi) is 4.52. The van der Waals surface area contributed by atoms with E-state index >= 15 is 0 Å². The van der Waals surface area contributed by atoms with Crippen molar-refractivity contribution in [2.75, 3.05) is 38.2 Å². The molecule has 26 heavy (non-hydrogen) atoms. The van der Waals surface area contributed by atoms with Gasteiger partial charge in [0, 0.05) is 48.9 Å². The van der Waals surface area contributed by atoms with Crippen LogP contribution in [0, 0.1) is 0 Å². The SMILES string of the molecule is COc1ccc2c(CC(=O)N3CCN(c4ccccc4)CC3)coc2c1. The van der Waals surface area contributed by atoms with Gasteiger partial charge in [-0.3, -0.25) is 4.79 Å². The largest absolute Gasteiger partial charge is 0.497 e. The van der Waals surface area contributed by atoms with E-state index in [1.165, 1.54) is 5.69 Å². The second-order valence-corrected chi connectivity index (χ2v) is 6.50. The van der Waals surface area contributed by atoms with Crippen molar-refractivity contribution in [2.45, 2.75) is 6.42 Å². The fourth-order valence-corrected chi connectivity index (χ4v) is 3.46. The number of benzene rings is 2. The number of rotatable bonds is 4. The van der Waals surface area contributed by atoms with Crippen molar-refractivity contribution in [3.63, 3.8) is 0 Å². The van der Waals surface area contributed by atoms with Gasteiger partial charge in [0.1, 0.15) is 11.3 Å². The number of nitrogens with zero attached hydrogens (tertiary/aromatic N) is 2. The number of para-hydroxylation sites is 1. The molecule has 0 spiro atoms. The molecule has 0 N–H and O–H groups in total. The lowest BCUT2D eigenvalue weighted by molar-refractivity contribution is -0.130. The predicted octanol–water partition coefficient (Wildman–Crippen LogP) is 3.33. The Hall–Kier alpha value is -2.95.